The molecule has 0 saturated heterocycles. The molecule has 0 spiro atoms. The molecule has 2 rings (SSSR count). The van der Waals surface area contributed by atoms with Crippen molar-refractivity contribution in [2.24, 2.45) is 0 Å². The topological polar surface area (TPSA) is 44.8 Å². The highest BCUT2D eigenvalue weighted by molar-refractivity contribution is 6.07. The fourth-order valence-electron chi connectivity index (χ4n) is 2.77. The van der Waals surface area contributed by atoms with Crippen LogP contribution in [0.25, 0.3) is 6.08 Å². The summed E-state index contributed by atoms with van der Waals surface area (Å²) in [6.07, 6.45) is 5.00. The van der Waals surface area contributed by atoms with Gasteiger partial charge in [0.15, 0.2) is 5.78 Å². The van der Waals surface area contributed by atoms with Crippen molar-refractivity contribution >= 4 is 11.9 Å². The van der Waals surface area contributed by atoms with Crippen LogP contribution in [-0.2, 0) is 5.41 Å². The molecule has 2 aromatic carbocycles. The van der Waals surface area contributed by atoms with Crippen molar-refractivity contribution in [1.29, 1.82) is 0 Å². The average Bonchev–Trinajstić information content (AvgIpc) is 2.69. The maximum Gasteiger partial charge on any atom is 0.185 e. The molecule has 0 aliphatic rings. The predicted molar refractivity (Wildman–Crippen MR) is 114 cm³/mol. The SMILES string of the molecule is C=CCOc1ccc(C(=O)/C=C/c2cc(C(C)(C)C)c(OC)cc2OC)cc1. The molecule has 0 aliphatic carbocycles. The van der Waals surface area contributed by atoms with E-state index in [-0.39, 0.29) is 11.2 Å². The Morgan fingerprint density at radius 3 is 2.21 bits per heavy atom. The molecule has 2 aromatic rings. The maximum atomic E-state index is 12.5. The number of allylic oxidation sites excluding steroid dienone is 1. The summed E-state index contributed by atoms with van der Waals surface area (Å²) < 4.78 is 16.4. The summed E-state index contributed by atoms with van der Waals surface area (Å²) in [6.45, 7) is 10.4. The summed E-state index contributed by atoms with van der Waals surface area (Å²) in [6, 6.07) is 10.9. The normalized spacial score (nSPS) is 11.3. The van der Waals surface area contributed by atoms with Crippen molar-refractivity contribution < 1.29 is 19.0 Å². The lowest BCUT2D eigenvalue weighted by molar-refractivity contribution is 0.104. The largest absolute Gasteiger partial charge is 0.496 e. The smallest absolute Gasteiger partial charge is 0.185 e. The number of hydrogen-bond donors (Lipinski definition) is 0. The molecule has 0 aromatic heterocycles. The first-order valence-electron chi connectivity index (χ1n) is 9.12. The first kappa shape index (κ1) is 21.3. The van der Waals surface area contributed by atoms with Crippen LogP contribution in [-0.4, -0.2) is 26.6 Å². The number of benzene rings is 2. The van der Waals surface area contributed by atoms with Gasteiger partial charge < -0.3 is 14.2 Å². The van der Waals surface area contributed by atoms with Gasteiger partial charge in [0.2, 0.25) is 0 Å². The fraction of sp³-hybridized carbons (Fsp3) is 0.292. The molecule has 0 bridgehead atoms. The summed E-state index contributed by atoms with van der Waals surface area (Å²) >= 11 is 0. The minimum atomic E-state index is -0.106. The number of carbonyl (C=O) groups is 1. The van der Waals surface area contributed by atoms with E-state index in [1.165, 1.54) is 0 Å². The zero-order chi connectivity index (χ0) is 20.7. The standard InChI is InChI=1S/C24H28O4/c1-7-14-28-19-11-8-17(9-12-19)21(25)13-10-18-15-20(24(2,3)4)23(27-6)16-22(18)26-5/h7-13,15-16H,1,14H2,2-6H3/b13-10+. The molecule has 0 unspecified atom stereocenters. The Kier molecular flexibility index (Phi) is 7.05. The van der Waals surface area contributed by atoms with Gasteiger partial charge in [0.1, 0.15) is 23.9 Å². The van der Waals surface area contributed by atoms with Crippen LogP contribution in [0.4, 0.5) is 0 Å². The van der Waals surface area contributed by atoms with Crippen LogP contribution < -0.4 is 14.2 Å². The van der Waals surface area contributed by atoms with Gasteiger partial charge in [-0.3, -0.25) is 4.79 Å². The molecule has 0 N–H and O–H groups in total. The Bertz CT molecular complexity index is 855. The number of hydrogen-bond acceptors (Lipinski definition) is 4. The van der Waals surface area contributed by atoms with Crippen LogP contribution in [0, 0.1) is 0 Å². The molecule has 0 radical (unpaired) electrons. The van der Waals surface area contributed by atoms with Crippen molar-refractivity contribution in [2.45, 2.75) is 26.2 Å². The van der Waals surface area contributed by atoms with E-state index < -0.39 is 0 Å². The number of ketones is 1. The van der Waals surface area contributed by atoms with E-state index in [9.17, 15) is 4.79 Å². The fourth-order valence-corrected chi connectivity index (χ4v) is 2.77. The lowest BCUT2D eigenvalue weighted by atomic mass is 9.85. The third-order valence-electron chi connectivity index (χ3n) is 4.28. The summed E-state index contributed by atoms with van der Waals surface area (Å²) in [5.74, 6) is 2.03. The molecule has 0 atom stereocenters. The highest BCUT2D eigenvalue weighted by atomic mass is 16.5. The number of carbonyl (C=O) groups excluding carboxylic acids is 1. The Balaban J connectivity index is 2.29. The number of rotatable bonds is 8. The Labute approximate surface area is 167 Å². The van der Waals surface area contributed by atoms with Gasteiger partial charge in [-0.15, -0.1) is 0 Å². The van der Waals surface area contributed by atoms with Gasteiger partial charge in [-0.1, -0.05) is 33.4 Å². The molecule has 4 heteroatoms. The molecule has 0 saturated carbocycles. The Morgan fingerprint density at radius 1 is 1.04 bits per heavy atom. The zero-order valence-corrected chi connectivity index (χ0v) is 17.2. The van der Waals surface area contributed by atoms with Crippen LogP contribution in [0.5, 0.6) is 17.2 Å². The number of ether oxygens (including phenoxy) is 3. The maximum absolute atomic E-state index is 12.5. The van der Waals surface area contributed by atoms with E-state index >= 15 is 0 Å². The van der Waals surface area contributed by atoms with Gasteiger partial charge in [-0.2, -0.15) is 0 Å². The second kappa shape index (κ2) is 9.27. The summed E-state index contributed by atoms with van der Waals surface area (Å²) in [5.41, 5.74) is 2.36. The number of methoxy groups -OCH3 is 2. The van der Waals surface area contributed by atoms with Crippen molar-refractivity contribution in [3.05, 3.63) is 71.8 Å². The zero-order valence-electron chi connectivity index (χ0n) is 17.2. The second-order valence-electron chi connectivity index (χ2n) is 7.37. The van der Waals surface area contributed by atoms with Gasteiger partial charge in [0.25, 0.3) is 0 Å². The van der Waals surface area contributed by atoms with E-state index in [1.807, 2.05) is 12.1 Å². The molecular formula is C24H28O4. The quantitative estimate of drug-likeness (QED) is 0.346. The minimum absolute atomic E-state index is 0.0922. The first-order valence-corrected chi connectivity index (χ1v) is 9.12. The van der Waals surface area contributed by atoms with Gasteiger partial charge in [-0.05, 0) is 47.9 Å². The molecule has 28 heavy (non-hydrogen) atoms. The molecule has 0 aliphatic heterocycles. The van der Waals surface area contributed by atoms with E-state index in [0.717, 1.165) is 16.9 Å². The third-order valence-corrected chi connectivity index (χ3v) is 4.28. The van der Waals surface area contributed by atoms with Crippen LogP contribution in [0.15, 0.2) is 55.1 Å². The molecule has 0 fully saturated rings. The summed E-state index contributed by atoms with van der Waals surface area (Å²) in [7, 11) is 3.25. The molecule has 0 heterocycles. The van der Waals surface area contributed by atoms with E-state index in [2.05, 4.69) is 27.4 Å². The van der Waals surface area contributed by atoms with Crippen LogP contribution in [0.3, 0.4) is 0 Å². The lowest BCUT2D eigenvalue weighted by Gasteiger charge is -2.23. The van der Waals surface area contributed by atoms with Crippen molar-refractivity contribution in [3.8, 4) is 17.2 Å². The predicted octanol–water partition coefficient (Wildman–Crippen LogP) is 5.46. The molecule has 4 nitrogen and oxygen atoms in total. The second-order valence-corrected chi connectivity index (χ2v) is 7.37. The van der Waals surface area contributed by atoms with Crippen molar-refractivity contribution in [2.75, 3.05) is 20.8 Å². The first-order chi connectivity index (χ1) is 13.3. The Hall–Kier alpha value is -3.01. The summed E-state index contributed by atoms with van der Waals surface area (Å²) in [4.78, 5) is 12.5. The van der Waals surface area contributed by atoms with Gasteiger partial charge in [-0.25, -0.2) is 0 Å². The van der Waals surface area contributed by atoms with Gasteiger partial charge >= 0.3 is 0 Å². The van der Waals surface area contributed by atoms with Crippen molar-refractivity contribution in [1.82, 2.24) is 0 Å². The van der Waals surface area contributed by atoms with Gasteiger partial charge in [0, 0.05) is 22.8 Å². The highest BCUT2D eigenvalue weighted by Crippen LogP contribution is 2.37. The van der Waals surface area contributed by atoms with Crippen molar-refractivity contribution in [3.63, 3.8) is 0 Å². The minimum Gasteiger partial charge on any atom is -0.496 e. The van der Waals surface area contributed by atoms with E-state index in [0.29, 0.717) is 23.7 Å². The molecule has 0 amide bonds. The monoisotopic (exact) mass is 380 g/mol. The van der Waals surface area contributed by atoms with Crippen LogP contribution >= 0.6 is 0 Å². The van der Waals surface area contributed by atoms with E-state index in [1.54, 1.807) is 56.7 Å². The average molecular weight is 380 g/mol. The highest BCUT2D eigenvalue weighted by Gasteiger charge is 2.21. The molecular weight excluding hydrogens is 352 g/mol. The Morgan fingerprint density at radius 2 is 1.68 bits per heavy atom. The molecule has 148 valence electrons. The van der Waals surface area contributed by atoms with Crippen LogP contribution in [0.1, 0.15) is 42.3 Å². The van der Waals surface area contributed by atoms with E-state index in [4.69, 9.17) is 14.2 Å². The van der Waals surface area contributed by atoms with Crippen LogP contribution in [0.2, 0.25) is 0 Å². The summed E-state index contributed by atoms with van der Waals surface area (Å²) in [5, 5.41) is 0. The van der Waals surface area contributed by atoms with Gasteiger partial charge in [0.05, 0.1) is 14.2 Å². The lowest BCUT2D eigenvalue weighted by Crippen LogP contribution is -2.13. The third kappa shape index (κ3) is 5.26.